The number of benzene rings is 2. The minimum absolute atomic E-state index is 0.124. The maximum Gasteiger partial charge on any atom is 0.231 e. The van der Waals surface area contributed by atoms with Crippen molar-refractivity contribution in [2.45, 2.75) is 33.2 Å². The number of methoxy groups -OCH3 is 3. The number of hydrogen-bond acceptors (Lipinski definition) is 7. The Morgan fingerprint density at radius 2 is 1.66 bits per heavy atom. The highest BCUT2D eigenvalue weighted by atomic mass is 16.5. The lowest BCUT2D eigenvalue weighted by atomic mass is 10.0. The second-order valence-corrected chi connectivity index (χ2v) is 7.58. The number of ether oxygens (including phenoxy) is 4. The highest BCUT2D eigenvalue weighted by Gasteiger charge is 2.32. The van der Waals surface area contributed by atoms with E-state index in [1.54, 1.807) is 37.5 Å². The number of carbonyl (C=O) groups is 1. The summed E-state index contributed by atoms with van der Waals surface area (Å²) in [6, 6.07) is 6.68. The minimum Gasteiger partial charge on any atom is -0.507 e. The second kappa shape index (κ2) is 10.4. The van der Waals surface area contributed by atoms with E-state index in [1.165, 1.54) is 14.2 Å². The third-order valence-corrected chi connectivity index (χ3v) is 5.40. The average Bonchev–Trinajstić information content (AvgIpc) is 3.10. The Hall–Kier alpha value is -3.19. The quantitative estimate of drug-likeness (QED) is 0.538. The first-order valence-electron chi connectivity index (χ1n) is 10.8. The number of phenolic OH excluding ortho intramolecular Hbond substituents is 1. The Labute approximate surface area is 189 Å². The van der Waals surface area contributed by atoms with Gasteiger partial charge in [0.05, 0.1) is 32.5 Å². The molecular weight excluding hydrogens is 410 g/mol. The van der Waals surface area contributed by atoms with Crippen LogP contribution >= 0.6 is 0 Å². The van der Waals surface area contributed by atoms with Gasteiger partial charge in [-0.25, -0.2) is 0 Å². The Kier molecular flexibility index (Phi) is 7.64. The Morgan fingerprint density at radius 1 is 0.969 bits per heavy atom. The summed E-state index contributed by atoms with van der Waals surface area (Å²) < 4.78 is 22.3. The van der Waals surface area contributed by atoms with Gasteiger partial charge in [0.2, 0.25) is 11.5 Å². The molecule has 0 aliphatic carbocycles. The third-order valence-electron chi connectivity index (χ3n) is 5.40. The van der Waals surface area contributed by atoms with Crippen LogP contribution in [0, 0.1) is 0 Å². The van der Waals surface area contributed by atoms with Crippen LogP contribution in [0.1, 0.15) is 48.2 Å². The van der Waals surface area contributed by atoms with Gasteiger partial charge in [-0.2, -0.15) is 0 Å². The summed E-state index contributed by atoms with van der Waals surface area (Å²) in [7, 11) is 4.60. The van der Waals surface area contributed by atoms with E-state index in [0.717, 1.165) is 25.9 Å². The molecular formula is C25H31NO6. The van der Waals surface area contributed by atoms with Crippen LogP contribution in [0.3, 0.4) is 0 Å². The van der Waals surface area contributed by atoms with Gasteiger partial charge in [-0.1, -0.05) is 13.8 Å². The highest BCUT2D eigenvalue weighted by Crippen LogP contribution is 2.43. The van der Waals surface area contributed by atoms with Crippen molar-refractivity contribution in [3.63, 3.8) is 0 Å². The molecule has 1 aliphatic rings. The van der Waals surface area contributed by atoms with E-state index in [9.17, 15) is 9.90 Å². The molecule has 0 spiro atoms. The van der Waals surface area contributed by atoms with Crippen LogP contribution in [0.2, 0.25) is 0 Å². The van der Waals surface area contributed by atoms with Crippen molar-refractivity contribution in [1.82, 2.24) is 4.90 Å². The molecule has 172 valence electrons. The number of ketones is 1. The summed E-state index contributed by atoms with van der Waals surface area (Å²) in [5, 5.41) is 10.5. The zero-order valence-electron chi connectivity index (χ0n) is 19.4. The monoisotopic (exact) mass is 441 g/mol. The van der Waals surface area contributed by atoms with Crippen molar-refractivity contribution in [3.05, 3.63) is 46.7 Å². The van der Waals surface area contributed by atoms with Crippen molar-refractivity contribution < 1.29 is 28.8 Å². The van der Waals surface area contributed by atoms with E-state index in [-0.39, 0.29) is 17.3 Å². The summed E-state index contributed by atoms with van der Waals surface area (Å²) in [5.41, 5.74) is 1.68. The van der Waals surface area contributed by atoms with Gasteiger partial charge >= 0.3 is 0 Å². The molecule has 2 aromatic rings. The first-order valence-corrected chi connectivity index (χ1v) is 10.8. The Balaban J connectivity index is 2.00. The van der Waals surface area contributed by atoms with E-state index in [4.69, 9.17) is 18.9 Å². The standard InChI is InChI=1S/C25H31NO6/c1-6-12-26(13-7-2)15-18-19(27)10-9-17-22(28)21(32-24(17)18)14-16-8-11-20(29-3)25(31-5)23(16)30-4/h8-11,14,27H,6-7,12-13,15H2,1-5H3. The third kappa shape index (κ3) is 4.53. The van der Waals surface area contributed by atoms with Gasteiger partial charge < -0.3 is 24.1 Å². The van der Waals surface area contributed by atoms with E-state index in [2.05, 4.69) is 18.7 Å². The maximum atomic E-state index is 13.1. The summed E-state index contributed by atoms with van der Waals surface area (Å²) in [5.74, 6) is 1.85. The fourth-order valence-electron chi connectivity index (χ4n) is 3.95. The molecule has 1 heterocycles. The van der Waals surface area contributed by atoms with Crippen LogP contribution in [0.15, 0.2) is 30.0 Å². The molecule has 0 bridgehead atoms. The summed E-state index contributed by atoms with van der Waals surface area (Å²) in [4.78, 5) is 15.3. The van der Waals surface area contributed by atoms with Crippen molar-refractivity contribution in [2.75, 3.05) is 34.4 Å². The molecule has 0 radical (unpaired) electrons. The molecule has 1 aliphatic heterocycles. The number of rotatable bonds is 10. The molecule has 0 unspecified atom stereocenters. The van der Waals surface area contributed by atoms with Gasteiger partial charge in [0.25, 0.3) is 0 Å². The molecule has 0 fully saturated rings. The van der Waals surface area contributed by atoms with E-state index >= 15 is 0 Å². The molecule has 7 heteroatoms. The van der Waals surface area contributed by atoms with Crippen molar-refractivity contribution in [3.8, 4) is 28.7 Å². The number of phenols is 1. The summed E-state index contributed by atoms with van der Waals surface area (Å²) in [6.45, 7) is 6.55. The SMILES string of the molecule is CCCN(CCC)Cc1c(O)ccc2c1OC(=Cc1ccc(OC)c(OC)c1OC)C2=O. The molecule has 3 rings (SSSR count). The first kappa shape index (κ1) is 23.5. The first-order chi connectivity index (χ1) is 15.5. The molecule has 1 N–H and O–H groups in total. The lowest BCUT2D eigenvalue weighted by molar-refractivity contribution is 0.101. The van der Waals surface area contributed by atoms with Crippen molar-refractivity contribution >= 4 is 11.9 Å². The van der Waals surface area contributed by atoms with E-state index < -0.39 is 0 Å². The fourth-order valence-corrected chi connectivity index (χ4v) is 3.95. The summed E-state index contributed by atoms with van der Waals surface area (Å²) in [6.07, 6.45) is 3.62. The molecule has 0 amide bonds. The van der Waals surface area contributed by atoms with Gasteiger partial charge in [0.1, 0.15) is 11.5 Å². The molecule has 32 heavy (non-hydrogen) atoms. The Bertz CT molecular complexity index is 1010. The average molecular weight is 442 g/mol. The van der Waals surface area contributed by atoms with Gasteiger partial charge in [0.15, 0.2) is 17.3 Å². The maximum absolute atomic E-state index is 13.1. The van der Waals surface area contributed by atoms with Gasteiger partial charge in [0, 0.05) is 12.1 Å². The molecule has 0 saturated heterocycles. The molecule has 7 nitrogen and oxygen atoms in total. The van der Waals surface area contributed by atoms with Crippen LogP contribution in [0.4, 0.5) is 0 Å². The number of hydrogen-bond donors (Lipinski definition) is 1. The van der Waals surface area contributed by atoms with Crippen LogP contribution in [-0.2, 0) is 6.54 Å². The van der Waals surface area contributed by atoms with Crippen LogP contribution in [-0.4, -0.2) is 50.2 Å². The van der Waals surface area contributed by atoms with Crippen LogP contribution < -0.4 is 18.9 Å². The van der Waals surface area contributed by atoms with Gasteiger partial charge in [-0.05, 0) is 56.3 Å². The second-order valence-electron chi connectivity index (χ2n) is 7.58. The molecule has 2 aromatic carbocycles. The zero-order valence-corrected chi connectivity index (χ0v) is 19.4. The van der Waals surface area contributed by atoms with Gasteiger partial charge in [-0.3, -0.25) is 9.69 Å². The molecule has 0 atom stereocenters. The number of fused-ring (bicyclic) bond motifs is 1. The number of nitrogens with zero attached hydrogens (tertiary/aromatic N) is 1. The van der Waals surface area contributed by atoms with Crippen molar-refractivity contribution in [2.24, 2.45) is 0 Å². The lowest BCUT2D eigenvalue weighted by Gasteiger charge is -2.22. The number of Topliss-reactive ketones (excluding diaryl/α,β-unsaturated/α-hetero) is 1. The zero-order chi connectivity index (χ0) is 23.3. The fraction of sp³-hybridized carbons (Fsp3) is 0.400. The Morgan fingerprint density at radius 3 is 2.25 bits per heavy atom. The highest BCUT2D eigenvalue weighted by molar-refractivity contribution is 6.15. The van der Waals surface area contributed by atoms with Gasteiger partial charge in [-0.15, -0.1) is 0 Å². The minimum atomic E-state index is -0.240. The van der Waals surface area contributed by atoms with E-state index in [1.807, 2.05) is 0 Å². The van der Waals surface area contributed by atoms with E-state index in [0.29, 0.717) is 46.2 Å². The largest absolute Gasteiger partial charge is 0.507 e. The smallest absolute Gasteiger partial charge is 0.231 e. The lowest BCUT2D eigenvalue weighted by Crippen LogP contribution is -2.25. The van der Waals surface area contributed by atoms with Crippen LogP contribution in [0.5, 0.6) is 28.7 Å². The topological polar surface area (TPSA) is 77.5 Å². The normalized spacial score (nSPS) is 13.9. The molecule has 0 aromatic heterocycles. The summed E-state index contributed by atoms with van der Waals surface area (Å²) >= 11 is 0. The number of carbonyl (C=O) groups excluding carboxylic acids is 1. The predicted molar refractivity (Wildman–Crippen MR) is 123 cm³/mol. The van der Waals surface area contributed by atoms with Crippen LogP contribution in [0.25, 0.3) is 6.08 Å². The van der Waals surface area contributed by atoms with Crippen molar-refractivity contribution in [1.29, 1.82) is 0 Å². The number of aromatic hydroxyl groups is 1. The molecule has 0 saturated carbocycles. The number of allylic oxidation sites excluding steroid dienone is 1. The predicted octanol–water partition coefficient (Wildman–Crippen LogP) is 4.66.